The molecule has 0 spiro atoms. The SMILES string of the molecule is O=C(NCCc1nc(-c2ccccc2)n[nH]1)C1CCCOC1. The smallest absolute Gasteiger partial charge is 0.225 e. The Bertz CT molecular complexity index is 606. The minimum Gasteiger partial charge on any atom is -0.381 e. The average Bonchev–Trinajstić information content (AvgIpc) is 3.05. The minimum absolute atomic E-state index is 0.0108. The third kappa shape index (κ3) is 3.71. The van der Waals surface area contributed by atoms with E-state index in [0.29, 0.717) is 25.4 Å². The molecule has 1 aliphatic rings. The van der Waals surface area contributed by atoms with E-state index < -0.39 is 0 Å². The van der Waals surface area contributed by atoms with Gasteiger partial charge in [-0.15, -0.1) is 0 Å². The molecule has 1 amide bonds. The van der Waals surface area contributed by atoms with E-state index in [4.69, 9.17) is 4.74 Å². The van der Waals surface area contributed by atoms with Gasteiger partial charge < -0.3 is 10.1 Å². The molecule has 1 fully saturated rings. The van der Waals surface area contributed by atoms with Crippen molar-refractivity contribution >= 4 is 5.91 Å². The Labute approximate surface area is 129 Å². The molecule has 0 radical (unpaired) electrons. The number of aromatic amines is 1. The largest absolute Gasteiger partial charge is 0.381 e. The molecule has 1 atom stereocenters. The normalized spacial score (nSPS) is 18.1. The summed E-state index contributed by atoms with van der Waals surface area (Å²) in [6.45, 7) is 1.86. The number of carbonyl (C=O) groups excluding carboxylic acids is 1. The summed E-state index contributed by atoms with van der Waals surface area (Å²) in [6.07, 6.45) is 2.51. The van der Waals surface area contributed by atoms with E-state index in [0.717, 1.165) is 30.8 Å². The summed E-state index contributed by atoms with van der Waals surface area (Å²) < 4.78 is 5.33. The maximum absolute atomic E-state index is 12.0. The Kier molecular flexibility index (Phi) is 4.80. The van der Waals surface area contributed by atoms with Crippen LogP contribution in [-0.2, 0) is 16.0 Å². The van der Waals surface area contributed by atoms with Crippen LogP contribution in [0.15, 0.2) is 30.3 Å². The maximum atomic E-state index is 12.0. The van der Waals surface area contributed by atoms with Gasteiger partial charge in [0.1, 0.15) is 5.82 Å². The van der Waals surface area contributed by atoms with Crippen LogP contribution in [0.3, 0.4) is 0 Å². The minimum atomic E-state index is -0.0108. The van der Waals surface area contributed by atoms with Crippen LogP contribution in [0.1, 0.15) is 18.7 Å². The van der Waals surface area contributed by atoms with Gasteiger partial charge in [-0.25, -0.2) is 4.98 Å². The summed E-state index contributed by atoms with van der Waals surface area (Å²) in [6, 6.07) is 9.81. The molecule has 1 unspecified atom stereocenters. The van der Waals surface area contributed by atoms with Crippen LogP contribution in [-0.4, -0.2) is 40.8 Å². The van der Waals surface area contributed by atoms with Gasteiger partial charge in [-0.1, -0.05) is 30.3 Å². The first-order valence-electron chi connectivity index (χ1n) is 7.65. The topological polar surface area (TPSA) is 79.9 Å². The first kappa shape index (κ1) is 14.7. The summed E-state index contributed by atoms with van der Waals surface area (Å²) in [5.74, 6) is 1.52. The molecule has 116 valence electrons. The summed E-state index contributed by atoms with van der Waals surface area (Å²) in [4.78, 5) is 16.4. The predicted molar refractivity (Wildman–Crippen MR) is 82.1 cm³/mol. The van der Waals surface area contributed by atoms with Crippen molar-refractivity contribution in [3.63, 3.8) is 0 Å². The first-order valence-corrected chi connectivity index (χ1v) is 7.65. The second-order valence-electron chi connectivity index (χ2n) is 5.43. The number of aromatic nitrogens is 3. The van der Waals surface area contributed by atoms with Crippen molar-refractivity contribution in [1.82, 2.24) is 20.5 Å². The molecule has 0 saturated carbocycles. The molecular weight excluding hydrogens is 280 g/mol. The molecule has 2 heterocycles. The lowest BCUT2D eigenvalue weighted by Gasteiger charge is -2.21. The molecule has 22 heavy (non-hydrogen) atoms. The van der Waals surface area contributed by atoms with Crippen molar-refractivity contribution < 1.29 is 9.53 Å². The molecular formula is C16H20N4O2. The molecule has 1 aliphatic heterocycles. The highest BCUT2D eigenvalue weighted by atomic mass is 16.5. The monoisotopic (exact) mass is 300 g/mol. The zero-order valence-corrected chi connectivity index (χ0v) is 12.4. The molecule has 6 heteroatoms. The van der Waals surface area contributed by atoms with Gasteiger partial charge in [-0.2, -0.15) is 5.10 Å². The van der Waals surface area contributed by atoms with Crippen LogP contribution < -0.4 is 5.32 Å². The molecule has 0 bridgehead atoms. The predicted octanol–water partition coefficient (Wildman–Crippen LogP) is 1.56. The lowest BCUT2D eigenvalue weighted by Crippen LogP contribution is -2.36. The Morgan fingerprint density at radius 1 is 1.36 bits per heavy atom. The summed E-state index contributed by atoms with van der Waals surface area (Å²) in [5, 5.41) is 10.1. The van der Waals surface area contributed by atoms with Gasteiger partial charge >= 0.3 is 0 Å². The van der Waals surface area contributed by atoms with E-state index in [2.05, 4.69) is 20.5 Å². The molecule has 3 rings (SSSR count). The second-order valence-corrected chi connectivity index (χ2v) is 5.43. The molecule has 1 aromatic carbocycles. The number of amides is 1. The highest BCUT2D eigenvalue weighted by Crippen LogP contribution is 2.14. The highest BCUT2D eigenvalue weighted by Gasteiger charge is 2.21. The number of hydrogen-bond donors (Lipinski definition) is 2. The van der Waals surface area contributed by atoms with E-state index in [1.165, 1.54) is 0 Å². The fraction of sp³-hybridized carbons (Fsp3) is 0.438. The lowest BCUT2D eigenvalue weighted by atomic mass is 10.0. The number of H-pyrrole nitrogens is 1. The summed E-state index contributed by atoms with van der Waals surface area (Å²) >= 11 is 0. The Hall–Kier alpha value is -2.21. The third-order valence-electron chi connectivity index (χ3n) is 3.76. The van der Waals surface area contributed by atoms with Gasteiger partial charge in [0.2, 0.25) is 5.91 Å². The number of ether oxygens (including phenoxy) is 1. The molecule has 2 aromatic rings. The Morgan fingerprint density at radius 3 is 3.00 bits per heavy atom. The first-order chi connectivity index (χ1) is 10.8. The molecule has 1 aromatic heterocycles. The van der Waals surface area contributed by atoms with Crippen molar-refractivity contribution in [3.05, 3.63) is 36.2 Å². The fourth-order valence-electron chi connectivity index (χ4n) is 2.52. The summed E-state index contributed by atoms with van der Waals surface area (Å²) in [5.41, 5.74) is 0.980. The summed E-state index contributed by atoms with van der Waals surface area (Å²) in [7, 11) is 0. The van der Waals surface area contributed by atoms with Crippen molar-refractivity contribution in [3.8, 4) is 11.4 Å². The number of benzene rings is 1. The van der Waals surface area contributed by atoms with Crippen LogP contribution in [0, 0.1) is 5.92 Å². The standard InChI is InChI=1S/C16H20N4O2/c21-16(13-7-4-10-22-11-13)17-9-8-14-18-15(20-19-14)12-5-2-1-3-6-12/h1-3,5-6,13H,4,7-11H2,(H,17,21)(H,18,19,20). The van der Waals surface area contributed by atoms with Gasteiger partial charge in [0.25, 0.3) is 0 Å². The average molecular weight is 300 g/mol. The third-order valence-corrected chi connectivity index (χ3v) is 3.76. The van der Waals surface area contributed by atoms with Gasteiger partial charge in [0.15, 0.2) is 5.82 Å². The maximum Gasteiger partial charge on any atom is 0.225 e. The van der Waals surface area contributed by atoms with Crippen LogP contribution >= 0.6 is 0 Å². The van der Waals surface area contributed by atoms with Crippen molar-refractivity contribution in [2.75, 3.05) is 19.8 Å². The lowest BCUT2D eigenvalue weighted by molar-refractivity contribution is -0.128. The molecule has 6 nitrogen and oxygen atoms in total. The van der Waals surface area contributed by atoms with Gasteiger partial charge in [-0.05, 0) is 12.8 Å². The number of nitrogens with one attached hydrogen (secondary N) is 2. The molecule has 0 aliphatic carbocycles. The number of rotatable bonds is 5. The van der Waals surface area contributed by atoms with Gasteiger partial charge in [0, 0.05) is 25.1 Å². The molecule has 1 saturated heterocycles. The van der Waals surface area contributed by atoms with Gasteiger partial charge in [-0.3, -0.25) is 9.89 Å². The zero-order chi connectivity index (χ0) is 15.2. The Balaban J connectivity index is 1.48. The number of carbonyl (C=O) groups is 1. The fourth-order valence-corrected chi connectivity index (χ4v) is 2.52. The van der Waals surface area contributed by atoms with Crippen LogP contribution in [0.2, 0.25) is 0 Å². The highest BCUT2D eigenvalue weighted by molar-refractivity contribution is 5.78. The van der Waals surface area contributed by atoms with E-state index in [1.807, 2.05) is 30.3 Å². The van der Waals surface area contributed by atoms with E-state index >= 15 is 0 Å². The van der Waals surface area contributed by atoms with Crippen molar-refractivity contribution in [1.29, 1.82) is 0 Å². The quantitative estimate of drug-likeness (QED) is 0.878. The molecule has 2 N–H and O–H groups in total. The van der Waals surface area contributed by atoms with E-state index in [9.17, 15) is 4.79 Å². The zero-order valence-electron chi connectivity index (χ0n) is 12.4. The van der Waals surface area contributed by atoms with Crippen molar-refractivity contribution in [2.24, 2.45) is 5.92 Å². The van der Waals surface area contributed by atoms with Crippen LogP contribution in [0.5, 0.6) is 0 Å². The second kappa shape index (κ2) is 7.17. The number of nitrogens with zero attached hydrogens (tertiary/aromatic N) is 2. The van der Waals surface area contributed by atoms with Gasteiger partial charge in [0.05, 0.1) is 12.5 Å². The Morgan fingerprint density at radius 2 is 2.23 bits per heavy atom. The van der Waals surface area contributed by atoms with E-state index in [1.54, 1.807) is 0 Å². The van der Waals surface area contributed by atoms with E-state index in [-0.39, 0.29) is 11.8 Å². The van der Waals surface area contributed by atoms with Crippen LogP contribution in [0.25, 0.3) is 11.4 Å². The number of hydrogen-bond acceptors (Lipinski definition) is 4. The van der Waals surface area contributed by atoms with Crippen molar-refractivity contribution in [2.45, 2.75) is 19.3 Å². The van der Waals surface area contributed by atoms with Crippen LogP contribution in [0.4, 0.5) is 0 Å².